The van der Waals surface area contributed by atoms with E-state index in [1.807, 2.05) is 19.1 Å². The molecule has 0 aliphatic carbocycles. The normalized spacial score (nSPS) is 10.4. The number of halogens is 3. The maximum absolute atomic E-state index is 12.1. The highest BCUT2D eigenvalue weighted by Crippen LogP contribution is 2.23. The lowest BCUT2D eigenvalue weighted by Gasteiger charge is -2.08. The van der Waals surface area contributed by atoms with Gasteiger partial charge < -0.3 is 9.47 Å². The zero-order valence-electron chi connectivity index (χ0n) is 12.2. The molecule has 0 bridgehead atoms. The van der Waals surface area contributed by atoms with Crippen LogP contribution < -0.4 is 0 Å². The van der Waals surface area contributed by atoms with Crippen LogP contribution >= 0.6 is 67.8 Å². The Kier molecular flexibility index (Phi) is 10.2. The molecule has 0 saturated heterocycles. The fourth-order valence-corrected chi connectivity index (χ4v) is 3.98. The molecule has 0 aromatic heterocycles. The van der Waals surface area contributed by atoms with E-state index in [-0.39, 0.29) is 11.9 Å². The van der Waals surface area contributed by atoms with Crippen molar-refractivity contribution in [1.82, 2.24) is 0 Å². The van der Waals surface area contributed by atoms with Gasteiger partial charge in [-0.3, -0.25) is 4.79 Å². The van der Waals surface area contributed by atoms with E-state index < -0.39 is 0 Å². The lowest BCUT2D eigenvalue weighted by atomic mass is 10.2. The van der Waals surface area contributed by atoms with Crippen LogP contribution in [0.15, 0.2) is 12.1 Å². The van der Waals surface area contributed by atoms with Crippen molar-refractivity contribution in [2.75, 3.05) is 13.2 Å². The van der Waals surface area contributed by atoms with Gasteiger partial charge in [0.05, 0.1) is 18.8 Å². The van der Waals surface area contributed by atoms with Crippen molar-refractivity contribution in [3.8, 4) is 0 Å². The molecule has 0 aliphatic rings. The Bertz CT molecular complexity index is 532. The summed E-state index contributed by atoms with van der Waals surface area (Å²) in [4.78, 5) is 23.4. The van der Waals surface area contributed by atoms with E-state index >= 15 is 0 Å². The van der Waals surface area contributed by atoms with Crippen LogP contribution in [0, 0.1) is 10.7 Å². The molecule has 0 heterocycles. The first kappa shape index (κ1) is 20.4. The Morgan fingerprint density at radius 3 is 2.45 bits per heavy atom. The predicted molar refractivity (Wildman–Crippen MR) is 110 cm³/mol. The van der Waals surface area contributed by atoms with Gasteiger partial charge in [0, 0.05) is 17.1 Å². The number of carbonyl (C=O) groups is 2. The van der Waals surface area contributed by atoms with Crippen molar-refractivity contribution in [2.45, 2.75) is 32.6 Å². The molecule has 0 N–H and O–H groups in total. The van der Waals surface area contributed by atoms with Gasteiger partial charge in [-0.1, -0.05) is 6.92 Å². The fraction of sp³-hybridized carbons (Fsp3) is 0.467. The second kappa shape index (κ2) is 11.0. The summed E-state index contributed by atoms with van der Waals surface area (Å²) < 4.78 is 13.2. The number of esters is 2. The predicted octanol–water partition coefficient (Wildman–Crippen LogP) is 4.78. The average Bonchev–Trinajstić information content (AvgIpc) is 2.48. The van der Waals surface area contributed by atoms with E-state index in [0.29, 0.717) is 38.0 Å². The molecule has 0 fully saturated rings. The van der Waals surface area contributed by atoms with Crippen LogP contribution in [0.1, 0.15) is 43.0 Å². The summed E-state index contributed by atoms with van der Waals surface area (Å²) >= 11 is 6.54. The van der Waals surface area contributed by atoms with Crippen molar-refractivity contribution in [3.05, 3.63) is 28.4 Å². The molecule has 0 aliphatic heterocycles. The van der Waals surface area contributed by atoms with Crippen LogP contribution in [0.25, 0.3) is 0 Å². The minimum atomic E-state index is -0.311. The zero-order valence-corrected chi connectivity index (χ0v) is 18.6. The maximum Gasteiger partial charge on any atom is 0.339 e. The summed E-state index contributed by atoms with van der Waals surface area (Å²) in [5, 5.41) is 0. The standard InChI is InChI=1S/C15H17I3O4/c1-2-6-21-13(19)5-3-4-7-22-15(20)11-8-10(16)9-12(17)14(11)18/h8-9H,2-7H2,1H3. The number of carbonyl (C=O) groups excluding carboxylic acids is 2. The smallest absolute Gasteiger partial charge is 0.339 e. The van der Waals surface area contributed by atoms with Crippen molar-refractivity contribution in [2.24, 2.45) is 0 Å². The van der Waals surface area contributed by atoms with Crippen LogP contribution in [-0.4, -0.2) is 25.2 Å². The van der Waals surface area contributed by atoms with Gasteiger partial charge in [-0.2, -0.15) is 0 Å². The molecule has 4 nitrogen and oxygen atoms in total. The van der Waals surface area contributed by atoms with Gasteiger partial charge in [0.1, 0.15) is 0 Å². The highest BCUT2D eigenvalue weighted by Gasteiger charge is 2.15. The third-order valence-corrected chi connectivity index (χ3v) is 6.36. The van der Waals surface area contributed by atoms with Crippen LogP contribution in [-0.2, 0) is 14.3 Å². The fourth-order valence-electron chi connectivity index (χ4n) is 1.61. The minimum Gasteiger partial charge on any atom is -0.466 e. The lowest BCUT2D eigenvalue weighted by molar-refractivity contribution is -0.143. The number of rotatable bonds is 8. The molecule has 7 heteroatoms. The largest absolute Gasteiger partial charge is 0.466 e. The molecule has 1 rings (SSSR count). The first-order chi connectivity index (χ1) is 10.5. The van der Waals surface area contributed by atoms with E-state index in [4.69, 9.17) is 9.47 Å². The molecule has 0 unspecified atom stereocenters. The maximum atomic E-state index is 12.1. The van der Waals surface area contributed by atoms with E-state index in [1.165, 1.54) is 0 Å². The second-order valence-corrected chi connectivity index (χ2v) is 8.05. The van der Waals surface area contributed by atoms with Crippen molar-refractivity contribution < 1.29 is 19.1 Å². The summed E-state index contributed by atoms with van der Waals surface area (Å²) in [7, 11) is 0. The van der Waals surface area contributed by atoms with Crippen molar-refractivity contribution in [1.29, 1.82) is 0 Å². The summed E-state index contributed by atoms with van der Waals surface area (Å²) in [6.45, 7) is 2.75. The molecule has 0 amide bonds. The van der Waals surface area contributed by atoms with E-state index in [1.54, 1.807) is 0 Å². The lowest BCUT2D eigenvalue weighted by Crippen LogP contribution is -2.10. The molecule has 0 radical (unpaired) electrons. The molecule has 1 aromatic rings. The Morgan fingerprint density at radius 1 is 1.05 bits per heavy atom. The van der Waals surface area contributed by atoms with Gasteiger partial charge in [0.2, 0.25) is 0 Å². The SMILES string of the molecule is CCCOC(=O)CCCCOC(=O)c1cc(I)cc(I)c1I. The number of ether oxygens (including phenoxy) is 2. The quantitative estimate of drug-likeness (QED) is 0.178. The molecule has 22 heavy (non-hydrogen) atoms. The summed E-state index contributed by atoms with van der Waals surface area (Å²) in [5.74, 6) is -0.496. The number of benzene rings is 1. The first-order valence-electron chi connectivity index (χ1n) is 6.93. The van der Waals surface area contributed by atoms with E-state index in [0.717, 1.165) is 17.1 Å². The number of hydrogen-bond donors (Lipinski definition) is 0. The Balaban J connectivity index is 2.34. The summed E-state index contributed by atoms with van der Waals surface area (Å²) in [6, 6.07) is 3.84. The highest BCUT2D eigenvalue weighted by atomic mass is 127. The third kappa shape index (κ3) is 7.28. The first-order valence-corrected chi connectivity index (χ1v) is 10.2. The van der Waals surface area contributed by atoms with Crippen LogP contribution in [0.2, 0.25) is 0 Å². The Hall–Kier alpha value is 0.350. The van der Waals surface area contributed by atoms with Crippen molar-refractivity contribution >= 4 is 79.7 Å². The second-order valence-electron chi connectivity index (χ2n) is 4.56. The Morgan fingerprint density at radius 2 is 1.77 bits per heavy atom. The van der Waals surface area contributed by atoms with Gasteiger partial charge in [0.15, 0.2) is 0 Å². The third-order valence-electron chi connectivity index (χ3n) is 2.69. The molecular formula is C15H17I3O4. The minimum absolute atomic E-state index is 0.185. The van der Waals surface area contributed by atoms with Crippen LogP contribution in [0.5, 0.6) is 0 Å². The van der Waals surface area contributed by atoms with E-state index in [9.17, 15) is 9.59 Å². The van der Waals surface area contributed by atoms with Gasteiger partial charge in [-0.05, 0) is 99.2 Å². The van der Waals surface area contributed by atoms with E-state index in [2.05, 4.69) is 67.8 Å². The molecule has 0 atom stereocenters. The van der Waals surface area contributed by atoms with Gasteiger partial charge in [-0.15, -0.1) is 0 Å². The molecular weight excluding hydrogens is 625 g/mol. The molecule has 122 valence electrons. The highest BCUT2D eigenvalue weighted by molar-refractivity contribution is 14.1. The Labute approximate surface area is 171 Å². The van der Waals surface area contributed by atoms with Crippen LogP contribution in [0.4, 0.5) is 0 Å². The monoisotopic (exact) mass is 642 g/mol. The summed E-state index contributed by atoms with van der Waals surface area (Å²) in [5.41, 5.74) is 0.597. The molecule has 1 aromatic carbocycles. The average molecular weight is 642 g/mol. The number of hydrogen-bond acceptors (Lipinski definition) is 4. The van der Waals surface area contributed by atoms with Gasteiger partial charge in [0.25, 0.3) is 0 Å². The van der Waals surface area contributed by atoms with Crippen molar-refractivity contribution in [3.63, 3.8) is 0 Å². The summed E-state index contributed by atoms with van der Waals surface area (Å²) in [6.07, 6.45) is 2.52. The zero-order chi connectivity index (χ0) is 16.5. The van der Waals surface area contributed by atoms with Gasteiger partial charge in [-0.25, -0.2) is 4.79 Å². The van der Waals surface area contributed by atoms with Crippen LogP contribution in [0.3, 0.4) is 0 Å². The topological polar surface area (TPSA) is 52.6 Å². The van der Waals surface area contributed by atoms with Gasteiger partial charge >= 0.3 is 11.9 Å². The number of unbranched alkanes of at least 4 members (excludes halogenated alkanes) is 1. The molecule has 0 spiro atoms. The molecule has 0 saturated carbocycles.